The number of rotatable bonds is 10. The first kappa shape index (κ1) is 22.0. The molecule has 1 saturated heterocycles. The Morgan fingerprint density at radius 3 is 2.68 bits per heavy atom. The molecule has 0 aromatic heterocycles. The van der Waals surface area contributed by atoms with E-state index >= 15 is 0 Å². The SMILES string of the molecule is COc1ccc(C(CC(=O)O)NC(=O)C(C)OCC2CCCCO2)c(OC)c1. The molecule has 3 unspecified atom stereocenters. The molecule has 3 atom stereocenters. The molecule has 0 saturated carbocycles. The first-order valence-corrected chi connectivity index (χ1v) is 9.42. The topological polar surface area (TPSA) is 103 Å². The van der Waals surface area contributed by atoms with Crippen molar-refractivity contribution in [2.75, 3.05) is 27.4 Å². The summed E-state index contributed by atoms with van der Waals surface area (Å²) in [6.07, 6.45) is 2.04. The largest absolute Gasteiger partial charge is 0.497 e. The summed E-state index contributed by atoms with van der Waals surface area (Å²) in [6.45, 7) is 2.69. The van der Waals surface area contributed by atoms with Gasteiger partial charge in [-0.3, -0.25) is 9.59 Å². The maximum Gasteiger partial charge on any atom is 0.305 e. The maximum atomic E-state index is 12.6. The Balaban J connectivity index is 2.04. The molecule has 1 heterocycles. The van der Waals surface area contributed by atoms with Gasteiger partial charge in [-0.1, -0.05) is 0 Å². The third kappa shape index (κ3) is 6.38. The third-order valence-corrected chi connectivity index (χ3v) is 4.69. The van der Waals surface area contributed by atoms with Crippen molar-refractivity contribution in [3.8, 4) is 11.5 Å². The van der Waals surface area contributed by atoms with Gasteiger partial charge in [-0.15, -0.1) is 0 Å². The smallest absolute Gasteiger partial charge is 0.305 e. The van der Waals surface area contributed by atoms with Crippen LogP contribution >= 0.6 is 0 Å². The van der Waals surface area contributed by atoms with E-state index < -0.39 is 18.1 Å². The fourth-order valence-corrected chi connectivity index (χ4v) is 3.07. The lowest BCUT2D eigenvalue weighted by molar-refractivity contribution is -0.139. The highest BCUT2D eigenvalue weighted by Crippen LogP contribution is 2.31. The van der Waals surface area contributed by atoms with Crippen molar-refractivity contribution >= 4 is 11.9 Å². The Morgan fingerprint density at radius 2 is 2.07 bits per heavy atom. The number of methoxy groups -OCH3 is 2. The van der Waals surface area contributed by atoms with Gasteiger partial charge in [-0.25, -0.2) is 0 Å². The Labute approximate surface area is 165 Å². The third-order valence-electron chi connectivity index (χ3n) is 4.69. The average molecular weight is 395 g/mol. The van der Waals surface area contributed by atoms with Gasteiger partial charge in [0.05, 0.1) is 39.4 Å². The summed E-state index contributed by atoms with van der Waals surface area (Å²) in [4.78, 5) is 23.9. The van der Waals surface area contributed by atoms with Gasteiger partial charge in [0.15, 0.2) is 0 Å². The monoisotopic (exact) mass is 395 g/mol. The van der Waals surface area contributed by atoms with Crippen LogP contribution in [-0.2, 0) is 19.1 Å². The van der Waals surface area contributed by atoms with Gasteiger partial charge >= 0.3 is 5.97 Å². The fraction of sp³-hybridized carbons (Fsp3) is 0.600. The average Bonchev–Trinajstić information content (AvgIpc) is 2.71. The summed E-state index contributed by atoms with van der Waals surface area (Å²) in [5.74, 6) is -0.410. The van der Waals surface area contributed by atoms with Crippen molar-refractivity contribution in [3.05, 3.63) is 23.8 Å². The van der Waals surface area contributed by atoms with E-state index in [1.165, 1.54) is 14.2 Å². The number of carboxylic acids is 1. The molecule has 1 amide bonds. The molecule has 1 aliphatic heterocycles. The van der Waals surface area contributed by atoms with Crippen LogP contribution < -0.4 is 14.8 Å². The number of carbonyl (C=O) groups is 2. The van der Waals surface area contributed by atoms with Gasteiger partial charge in [0, 0.05) is 18.2 Å². The number of hydrogen-bond donors (Lipinski definition) is 2. The molecule has 28 heavy (non-hydrogen) atoms. The van der Waals surface area contributed by atoms with Crippen molar-refractivity contribution < 1.29 is 33.6 Å². The minimum atomic E-state index is -1.03. The van der Waals surface area contributed by atoms with Crippen molar-refractivity contribution in [2.45, 2.75) is 50.9 Å². The number of benzene rings is 1. The number of carbonyl (C=O) groups excluding carboxylic acids is 1. The molecule has 0 spiro atoms. The highest BCUT2D eigenvalue weighted by atomic mass is 16.5. The molecule has 2 N–H and O–H groups in total. The second-order valence-electron chi connectivity index (χ2n) is 6.73. The van der Waals surface area contributed by atoms with Crippen LogP contribution in [0.25, 0.3) is 0 Å². The second-order valence-corrected chi connectivity index (χ2v) is 6.73. The van der Waals surface area contributed by atoms with Crippen molar-refractivity contribution in [2.24, 2.45) is 0 Å². The van der Waals surface area contributed by atoms with Gasteiger partial charge in [-0.2, -0.15) is 0 Å². The van der Waals surface area contributed by atoms with E-state index in [4.69, 9.17) is 18.9 Å². The first-order chi connectivity index (χ1) is 13.4. The fourth-order valence-electron chi connectivity index (χ4n) is 3.07. The Morgan fingerprint density at radius 1 is 1.29 bits per heavy atom. The highest BCUT2D eigenvalue weighted by Gasteiger charge is 2.25. The van der Waals surface area contributed by atoms with Gasteiger partial charge in [0.1, 0.15) is 17.6 Å². The Hall–Kier alpha value is -2.32. The van der Waals surface area contributed by atoms with Crippen LogP contribution in [0.5, 0.6) is 11.5 Å². The van der Waals surface area contributed by atoms with E-state index in [-0.39, 0.29) is 18.4 Å². The molecule has 0 radical (unpaired) electrons. The first-order valence-electron chi connectivity index (χ1n) is 9.42. The molecular formula is C20H29NO7. The number of hydrogen-bond acceptors (Lipinski definition) is 6. The maximum absolute atomic E-state index is 12.6. The lowest BCUT2D eigenvalue weighted by atomic mass is 10.0. The van der Waals surface area contributed by atoms with Crippen LogP contribution in [0.1, 0.15) is 44.2 Å². The summed E-state index contributed by atoms with van der Waals surface area (Å²) in [5.41, 5.74) is 0.557. The van der Waals surface area contributed by atoms with Crippen molar-refractivity contribution in [3.63, 3.8) is 0 Å². The molecule has 0 bridgehead atoms. The molecule has 1 fully saturated rings. The number of aliphatic carboxylic acids is 1. The number of ether oxygens (including phenoxy) is 4. The summed E-state index contributed by atoms with van der Waals surface area (Å²) >= 11 is 0. The lowest BCUT2D eigenvalue weighted by Crippen LogP contribution is -2.39. The van der Waals surface area contributed by atoms with E-state index in [2.05, 4.69) is 5.32 Å². The predicted octanol–water partition coefficient (Wildman–Crippen LogP) is 2.31. The molecule has 8 nitrogen and oxygen atoms in total. The van der Waals surface area contributed by atoms with Crippen LogP contribution in [0, 0.1) is 0 Å². The zero-order chi connectivity index (χ0) is 20.5. The van der Waals surface area contributed by atoms with Crippen LogP contribution in [0.3, 0.4) is 0 Å². The quantitative estimate of drug-likeness (QED) is 0.626. The van der Waals surface area contributed by atoms with Gasteiger partial charge in [0.2, 0.25) is 5.91 Å². The van der Waals surface area contributed by atoms with E-state index in [0.717, 1.165) is 19.3 Å². The van der Waals surface area contributed by atoms with Crippen molar-refractivity contribution in [1.29, 1.82) is 0 Å². The minimum Gasteiger partial charge on any atom is -0.497 e. The molecule has 156 valence electrons. The van der Waals surface area contributed by atoms with Gasteiger partial charge in [-0.05, 0) is 38.3 Å². The standard InChI is InChI=1S/C20H29NO7/c1-13(28-12-15-6-4-5-9-27-15)20(24)21-17(11-19(22)23)16-8-7-14(25-2)10-18(16)26-3/h7-8,10,13,15,17H,4-6,9,11-12H2,1-3H3,(H,21,24)(H,22,23). The Kier molecular flexibility index (Phi) is 8.53. The lowest BCUT2D eigenvalue weighted by Gasteiger charge is -2.25. The molecule has 1 aromatic rings. The summed E-state index contributed by atoms with van der Waals surface area (Å²) in [6, 6.07) is 4.27. The zero-order valence-corrected chi connectivity index (χ0v) is 16.6. The van der Waals surface area contributed by atoms with Crippen molar-refractivity contribution in [1.82, 2.24) is 5.32 Å². The number of nitrogens with one attached hydrogen (secondary N) is 1. The second kappa shape index (κ2) is 10.9. The number of carboxylic acid groups (broad SMARTS) is 1. The van der Waals surface area contributed by atoms with E-state index in [9.17, 15) is 14.7 Å². The summed E-state index contributed by atoms with van der Waals surface area (Å²) in [5, 5.41) is 12.0. The predicted molar refractivity (Wildman–Crippen MR) is 102 cm³/mol. The molecule has 1 aromatic carbocycles. The van der Waals surface area contributed by atoms with Crippen LogP contribution in [0.2, 0.25) is 0 Å². The normalized spacial score (nSPS) is 18.8. The molecule has 2 rings (SSSR count). The highest BCUT2D eigenvalue weighted by molar-refractivity contribution is 5.81. The molecule has 1 aliphatic rings. The number of amides is 1. The van der Waals surface area contributed by atoms with Crippen LogP contribution in [-0.4, -0.2) is 56.6 Å². The molecular weight excluding hydrogens is 366 g/mol. The minimum absolute atomic E-state index is 0.000462. The molecule has 0 aliphatic carbocycles. The van der Waals surface area contributed by atoms with Crippen LogP contribution in [0.15, 0.2) is 18.2 Å². The van der Waals surface area contributed by atoms with E-state index in [1.54, 1.807) is 25.1 Å². The Bertz CT molecular complexity index is 658. The van der Waals surface area contributed by atoms with Gasteiger partial charge < -0.3 is 29.4 Å². The van der Waals surface area contributed by atoms with Crippen LogP contribution in [0.4, 0.5) is 0 Å². The summed E-state index contributed by atoms with van der Waals surface area (Å²) < 4.78 is 21.8. The van der Waals surface area contributed by atoms with Gasteiger partial charge in [0.25, 0.3) is 0 Å². The summed E-state index contributed by atoms with van der Waals surface area (Å²) in [7, 11) is 3.01. The molecule has 8 heteroatoms. The zero-order valence-electron chi connectivity index (χ0n) is 16.6. The van der Waals surface area contributed by atoms with E-state index in [1.807, 2.05) is 0 Å². The van der Waals surface area contributed by atoms with E-state index in [0.29, 0.717) is 30.3 Å².